The number of benzene rings is 2. The van der Waals surface area contributed by atoms with Gasteiger partial charge < -0.3 is 9.84 Å². The number of aliphatic hydroxyl groups is 1. The van der Waals surface area contributed by atoms with Gasteiger partial charge in [-0.25, -0.2) is 0 Å². The molecule has 2 nitrogen and oxygen atoms in total. The predicted octanol–water partition coefficient (Wildman–Crippen LogP) is 3.67. The van der Waals surface area contributed by atoms with Crippen molar-refractivity contribution < 1.29 is 9.84 Å². The standard InChI is InChI=1S/C17H20O2/c1-13-7-6-10-16(19-2)17(13)15(18)12-11-14-8-4-3-5-9-14/h3-10,15,18H,11-12H2,1-2H3. The van der Waals surface area contributed by atoms with Crippen LogP contribution in [0.15, 0.2) is 48.5 Å². The number of aliphatic hydroxyl groups excluding tert-OH is 1. The Bertz CT molecular complexity index is 520. The number of aryl methyl sites for hydroxylation is 2. The van der Waals surface area contributed by atoms with Crippen LogP contribution in [0.25, 0.3) is 0 Å². The lowest BCUT2D eigenvalue weighted by atomic mass is 9.97. The molecule has 0 aliphatic carbocycles. The fourth-order valence-corrected chi connectivity index (χ4v) is 2.35. The van der Waals surface area contributed by atoms with Gasteiger partial charge in [-0.05, 0) is 37.0 Å². The summed E-state index contributed by atoms with van der Waals surface area (Å²) < 4.78 is 5.34. The van der Waals surface area contributed by atoms with Crippen LogP contribution < -0.4 is 4.74 Å². The Balaban J connectivity index is 2.10. The van der Waals surface area contributed by atoms with E-state index in [-0.39, 0.29) is 0 Å². The van der Waals surface area contributed by atoms with Gasteiger partial charge in [-0.2, -0.15) is 0 Å². The Morgan fingerprint density at radius 3 is 2.47 bits per heavy atom. The highest BCUT2D eigenvalue weighted by molar-refractivity contribution is 5.41. The minimum atomic E-state index is -0.489. The Morgan fingerprint density at radius 2 is 1.79 bits per heavy atom. The number of ether oxygens (including phenoxy) is 1. The topological polar surface area (TPSA) is 29.5 Å². The highest BCUT2D eigenvalue weighted by Gasteiger charge is 2.15. The van der Waals surface area contributed by atoms with Gasteiger partial charge in [-0.3, -0.25) is 0 Å². The molecule has 100 valence electrons. The summed E-state index contributed by atoms with van der Waals surface area (Å²) >= 11 is 0. The molecule has 2 rings (SSSR count). The minimum absolute atomic E-state index is 0.489. The van der Waals surface area contributed by atoms with E-state index in [1.807, 2.05) is 43.3 Å². The number of rotatable bonds is 5. The fourth-order valence-electron chi connectivity index (χ4n) is 2.35. The van der Waals surface area contributed by atoms with Crippen LogP contribution in [0.1, 0.15) is 29.2 Å². The van der Waals surface area contributed by atoms with Gasteiger partial charge in [0.1, 0.15) is 5.75 Å². The lowest BCUT2D eigenvalue weighted by Gasteiger charge is -2.17. The molecule has 0 saturated carbocycles. The van der Waals surface area contributed by atoms with Crippen LogP contribution in [0.4, 0.5) is 0 Å². The predicted molar refractivity (Wildman–Crippen MR) is 77.5 cm³/mol. The second kappa shape index (κ2) is 6.39. The molecule has 0 heterocycles. The molecule has 0 saturated heterocycles. The lowest BCUT2D eigenvalue weighted by Crippen LogP contribution is -2.04. The summed E-state index contributed by atoms with van der Waals surface area (Å²) in [6.07, 6.45) is 1.07. The van der Waals surface area contributed by atoms with Gasteiger partial charge in [-0.1, -0.05) is 42.5 Å². The third-order valence-electron chi connectivity index (χ3n) is 3.39. The van der Waals surface area contributed by atoms with Crippen molar-refractivity contribution in [3.8, 4) is 5.75 Å². The average molecular weight is 256 g/mol. The highest BCUT2D eigenvalue weighted by Crippen LogP contribution is 2.30. The quantitative estimate of drug-likeness (QED) is 0.884. The van der Waals surface area contributed by atoms with E-state index >= 15 is 0 Å². The van der Waals surface area contributed by atoms with Gasteiger partial charge in [0.05, 0.1) is 13.2 Å². The van der Waals surface area contributed by atoms with Gasteiger partial charge >= 0.3 is 0 Å². The van der Waals surface area contributed by atoms with Gasteiger partial charge in [0.15, 0.2) is 0 Å². The summed E-state index contributed by atoms with van der Waals surface area (Å²) in [5.74, 6) is 0.764. The summed E-state index contributed by atoms with van der Waals surface area (Å²) in [7, 11) is 1.64. The van der Waals surface area contributed by atoms with Crippen molar-refractivity contribution in [2.45, 2.75) is 25.9 Å². The maximum Gasteiger partial charge on any atom is 0.124 e. The Hall–Kier alpha value is -1.80. The van der Waals surface area contributed by atoms with Crippen LogP contribution in [-0.2, 0) is 6.42 Å². The van der Waals surface area contributed by atoms with Crippen LogP contribution in [0.2, 0.25) is 0 Å². The Kier molecular flexibility index (Phi) is 4.58. The van der Waals surface area contributed by atoms with Gasteiger partial charge in [0, 0.05) is 5.56 Å². The molecule has 2 aromatic rings. The van der Waals surface area contributed by atoms with E-state index in [4.69, 9.17) is 4.74 Å². The van der Waals surface area contributed by atoms with Crippen molar-refractivity contribution >= 4 is 0 Å². The molecular weight excluding hydrogens is 236 g/mol. The summed E-state index contributed by atoms with van der Waals surface area (Å²) in [6.45, 7) is 2.00. The molecule has 0 radical (unpaired) electrons. The second-order valence-electron chi connectivity index (χ2n) is 4.73. The molecule has 0 spiro atoms. The Labute approximate surface area is 114 Å². The third-order valence-corrected chi connectivity index (χ3v) is 3.39. The van der Waals surface area contributed by atoms with Crippen LogP contribution >= 0.6 is 0 Å². The van der Waals surface area contributed by atoms with Crippen LogP contribution in [0, 0.1) is 6.92 Å². The van der Waals surface area contributed by atoms with Gasteiger partial charge in [-0.15, -0.1) is 0 Å². The van der Waals surface area contributed by atoms with Gasteiger partial charge in [0.25, 0.3) is 0 Å². The van der Waals surface area contributed by atoms with Crippen molar-refractivity contribution in [1.29, 1.82) is 0 Å². The van der Waals surface area contributed by atoms with Crippen LogP contribution in [0.3, 0.4) is 0 Å². The van der Waals surface area contributed by atoms with Crippen molar-refractivity contribution in [3.05, 3.63) is 65.2 Å². The summed E-state index contributed by atoms with van der Waals surface area (Å²) in [4.78, 5) is 0. The van der Waals surface area contributed by atoms with E-state index in [9.17, 15) is 5.11 Å². The largest absolute Gasteiger partial charge is 0.496 e. The minimum Gasteiger partial charge on any atom is -0.496 e. The number of methoxy groups -OCH3 is 1. The van der Waals surface area contributed by atoms with Gasteiger partial charge in [0.2, 0.25) is 0 Å². The molecule has 0 amide bonds. The molecule has 0 aliphatic rings. The maximum atomic E-state index is 10.4. The van der Waals surface area contributed by atoms with Crippen molar-refractivity contribution in [1.82, 2.24) is 0 Å². The number of hydrogen-bond acceptors (Lipinski definition) is 2. The molecule has 1 N–H and O–H groups in total. The second-order valence-corrected chi connectivity index (χ2v) is 4.73. The fraction of sp³-hybridized carbons (Fsp3) is 0.294. The molecule has 0 aromatic heterocycles. The third kappa shape index (κ3) is 3.36. The molecule has 0 fully saturated rings. The van der Waals surface area contributed by atoms with E-state index in [0.29, 0.717) is 6.42 Å². The molecule has 0 aliphatic heterocycles. The highest BCUT2D eigenvalue weighted by atomic mass is 16.5. The SMILES string of the molecule is COc1cccc(C)c1C(O)CCc1ccccc1. The average Bonchev–Trinajstić information content (AvgIpc) is 2.45. The van der Waals surface area contributed by atoms with E-state index in [1.54, 1.807) is 7.11 Å². The van der Waals surface area contributed by atoms with E-state index in [0.717, 1.165) is 23.3 Å². The normalized spacial score (nSPS) is 12.2. The van der Waals surface area contributed by atoms with E-state index in [2.05, 4.69) is 12.1 Å². The Morgan fingerprint density at radius 1 is 1.05 bits per heavy atom. The van der Waals surface area contributed by atoms with Crippen LogP contribution in [0.5, 0.6) is 5.75 Å². The molecule has 19 heavy (non-hydrogen) atoms. The zero-order valence-electron chi connectivity index (χ0n) is 11.5. The zero-order valence-corrected chi connectivity index (χ0v) is 11.5. The van der Waals surface area contributed by atoms with Crippen molar-refractivity contribution in [2.24, 2.45) is 0 Å². The zero-order chi connectivity index (χ0) is 13.7. The molecule has 2 aromatic carbocycles. The number of hydrogen-bond donors (Lipinski definition) is 1. The first kappa shape index (κ1) is 13.6. The summed E-state index contributed by atoms with van der Waals surface area (Å²) in [6, 6.07) is 16.1. The first-order chi connectivity index (χ1) is 9.22. The van der Waals surface area contributed by atoms with Crippen molar-refractivity contribution in [3.63, 3.8) is 0 Å². The first-order valence-corrected chi connectivity index (χ1v) is 6.58. The smallest absolute Gasteiger partial charge is 0.124 e. The van der Waals surface area contributed by atoms with Crippen LogP contribution in [-0.4, -0.2) is 12.2 Å². The van der Waals surface area contributed by atoms with E-state index in [1.165, 1.54) is 5.56 Å². The molecule has 1 unspecified atom stereocenters. The molecule has 1 atom stereocenters. The molecule has 0 bridgehead atoms. The van der Waals surface area contributed by atoms with E-state index < -0.39 is 6.10 Å². The first-order valence-electron chi connectivity index (χ1n) is 6.58. The lowest BCUT2D eigenvalue weighted by molar-refractivity contribution is 0.163. The molecule has 2 heteroatoms. The monoisotopic (exact) mass is 256 g/mol. The maximum absolute atomic E-state index is 10.4. The summed E-state index contributed by atoms with van der Waals surface area (Å²) in [5, 5.41) is 10.4. The molecular formula is C17H20O2. The summed E-state index contributed by atoms with van der Waals surface area (Å²) in [5.41, 5.74) is 3.22. The van der Waals surface area contributed by atoms with Crippen molar-refractivity contribution in [2.75, 3.05) is 7.11 Å².